The van der Waals surface area contributed by atoms with E-state index in [0.29, 0.717) is 12.4 Å². The number of esters is 1. The molecule has 0 spiro atoms. The second-order valence-electron chi connectivity index (χ2n) is 5.52. The van der Waals surface area contributed by atoms with E-state index in [1.807, 2.05) is 24.3 Å². The number of phenols is 1. The standard InChI is InChI=1S/C19H19N3O4.2ClH/c1-2-25-19(24)16-11-21-17(22-18(16)26-8-7-20)14-4-3-13-10-15(23)6-5-12(13)9-14;;/h3-6,9-11,23H,2,7-8,20H2,1H3;2*1H. The SMILES string of the molecule is CCOC(=O)c1cnc(-c2ccc3cc(O)ccc3c2)nc1OCCN.Cl.Cl. The number of aromatic nitrogens is 2. The lowest BCUT2D eigenvalue weighted by Gasteiger charge is -2.11. The quantitative estimate of drug-likeness (QED) is 0.582. The number of nitrogens with two attached hydrogens (primary N) is 1. The average Bonchev–Trinajstić information content (AvgIpc) is 2.66. The summed E-state index contributed by atoms with van der Waals surface area (Å²) in [5.74, 6) is 0.225. The molecule has 0 aliphatic heterocycles. The first-order valence-electron chi connectivity index (χ1n) is 8.22. The maximum absolute atomic E-state index is 12.0. The molecule has 1 aromatic heterocycles. The van der Waals surface area contributed by atoms with Gasteiger partial charge in [0.1, 0.15) is 17.9 Å². The van der Waals surface area contributed by atoms with Crippen molar-refractivity contribution in [2.24, 2.45) is 5.73 Å². The highest BCUT2D eigenvalue weighted by Crippen LogP contribution is 2.27. The largest absolute Gasteiger partial charge is 0.508 e. The Kier molecular flexibility index (Phi) is 8.91. The summed E-state index contributed by atoms with van der Waals surface area (Å²) in [4.78, 5) is 20.7. The van der Waals surface area contributed by atoms with Crippen LogP contribution >= 0.6 is 24.8 Å². The Morgan fingerprint density at radius 1 is 1.14 bits per heavy atom. The number of benzene rings is 2. The van der Waals surface area contributed by atoms with Crippen molar-refractivity contribution in [3.8, 4) is 23.0 Å². The number of fused-ring (bicyclic) bond motifs is 1. The minimum absolute atomic E-state index is 0. The summed E-state index contributed by atoms with van der Waals surface area (Å²) in [6, 6.07) is 10.7. The van der Waals surface area contributed by atoms with Crippen LogP contribution in [0.1, 0.15) is 17.3 Å². The zero-order valence-corrected chi connectivity index (χ0v) is 16.8. The third-order valence-electron chi connectivity index (χ3n) is 3.69. The van der Waals surface area contributed by atoms with E-state index in [0.717, 1.165) is 16.3 Å². The number of rotatable bonds is 6. The predicted molar refractivity (Wildman–Crippen MR) is 112 cm³/mol. The molecular formula is C19H21Cl2N3O4. The molecule has 1 heterocycles. The van der Waals surface area contributed by atoms with Crippen LogP contribution < -0.4 is 10.5 Å². The second kappa shape index (κ2) is 10.7. The Morgan fingerprint density at radius 3 is 2.57 bits per heavy atom. The number of carbonyl (C=O) groups excluding carboxylic acids is 1. The summed E-state index contributed by atoms with van der Waals surface area (Å²) in [7, 11) is 0. The number of halogens is 2. The van der Waals surface area contributed by atoms with E-state index in [2.05, 4.69) is 9.97 Å². The van der Waals surface area contributed by atoms with Crippen LogP contribution in [0.25, 0.3) is 22.2 Å². The van der Waals surface area contributed by atoms with Crippen LogP contribution in [0, 0.1) is 0 Å². The van der Waals surface area contributed by atoms with Crippen LogP contribution in [0.3, 0.4) is 0 Å². The zero-order valence-electron chi connectivity index (χ0n) is 15.1. The molecule has 0 saturated carbocycles. The molecule has 0 aliphatic carbocycles. The molecule has 3 rings (SSSR count). The molecule has 0 saturated heterocycles. The highest BCUT2D eigenvalue weighted by molar-refractivity contribution is 5.92. The number of carbonyl (C=O) groups is 1. The Bertz CT molecular complexity index is 954. The lowest BCUT2D eigenvalue weighted by molar-refractivity contribution is 0.0520. The number of hydrogen-bond donors (Lipinski definition) is 2. The van der Waals surface area contributed by atoms with Crippen LogP contribution in [0.2, 0.25) is 0 Å². The van der Waals surface area contributed by atoms with Gasteiger partial charge < -0.3 is 20.3 Å². The smallest absolute Gasteiger partial charge is 0.345 e. The third kappa shape index (κ3) is 5.22. The molecule has 0 atom stereocenters. The van der Waals surface area contributed by atoms with E-state index in [1.54, 1.807) is 19.1 Å². The van der Waals surface area contributed by atoms with Crippen molar-refractivity contribution in [1.29, 1.82) is 0 Å². The fourth-order valence-corrected chi connectivity index (χ4v) is 2.49. The molecule has 7 nitrogen and oxygen atoms in total. The molecule has 3 aromatic rings. The van der Waals surface area contributed by atoms with Crippen molar-refractivity contribution in [3.63, 3.8) is 0 Å². The Labute approximate surface area is 174 Å². The van der Waals surface area contributed by atoms with Crippen molar-refractivity contribution < 1.29 is 19.4 Å². The molecule has 9 heteroatoms. The molecule has 0 amide bonds. The van der Waals surface area contributed by atoms with E-state index in [-0.39, 0.29) is 55.2 Å². The van der Waals surface area contributed by atoms with Crippen molar-refractivity contribution >= 4 is 41.6 Å². The first-order valence-corrected chi connectivity index (χ1v) is 8.22. The van der Waals surface area contributed by atoms with Gasteiger partial charge in [0, 0.05) is 18.3 Å². The van der Waals surface area contributed by atoms with Crippen LogP contribution in [-0.2, 0) is 4.74 Å². The molecule has 2 aromatic carbocycles. The number of hydrogen-bond acceptors (Lipinski definition) is 7. The summed E-state index contributed by atoms with van der Waals surface area (Å²) >= 11 is 0. The molecule has 0 aliphatic rings. The molecule has 0 bridgehead atoms. The maximum Gasteiger partial charge on any atom is 0.345 e. The minimum Gasteiger partial charge on any atom is -0.508 e. The van der Waals surface area contributed by atoms with Gasteiger partial charge in [0.2, 0.25) is 5.88 Å². The lowest BCUT2D eigenvalue weighted by atomic mass is 10.1. The van der Waals surface area contributed by atoms with Crippen LogP contribution in [0.4, 0.5) is 0 Å². The van der Waals surface area contributed by atoms with Gasteiger partial charge >= 0.3 is 5.97 Å². The lowest BCUT2D eigenvalue weighted by Crippen LogP contribution is -2.15. The minimum atomic E-state index is -0.542. The summed E-state index contributed by atoms with van der Waals surface area (Å²) in [6.45, 7) is 2.48. The van der Waals surface area contributed by atoms with Gasteiger partial charge in [-0.25, -0.2) is 9.78 Å². The molecule has 150 valence electrons. The molecular weight excluding hydrogens is 405 g/mol. The maximum atomic E-state index is 12.0. The average molecular weight is 426 g/mol. The van der Waals surface area contributed by atoms with Gasteiger partial charge in [0.05, 0.1) is 6.61 Å². The molecule has 0 unspecified atom stereocenters. The Balaban J connectivity index is 0.00000196. The van der Waals surface area contributed by atoms with Gasteiger partial charge in [0.25, 0.3) is 0 Å². The Hall–Kier alpha value is -2.61. The first kappa shape index (κ1) is 23.4. The number of ether oxygens (including phenoxy) is 2. The van der Waals surface area contributed by atoms with E-state index < -0.39 is 5.97 Å². The number of phenolic OH excluding ortho intramolecular Hbond substituents is 1. The van der Waals surface area contributed by atoms with Gasteiger partial charge in [0.15, 0.2) is 5.82 Å². The van der Waals surface area contributed by atoms with Gasteiger partial charge in [-0.05, 0) is 35.9 Å². The van der Waals surface area contributed by atoms with E-state index in [1.165, 1.54) is 6.20 Å². The van der Waals surface area contributed by atoms with Gasteiger partial charge in [-0.1, -0.05) is 18.2 Å². The molecule has 28 heavy (non-hydrogen) atoms. The van der Waals surface area contributed by atoms with Crippen LogP contribution in [0.15, 0.2) is 42.6 Å². The highest BCUT2D eigenvalue weighted by atomic mass is 35.5. The van der Waals surface area contributed by atoms with E-state index in [9.17, 15) is 9.90 Å². The monoisotopic (exact) mass is 425 g/mol. The number of nitrogens with zero attached hydrogens (tertiary/aromatic N) is 2. The zero-order chi connectivity index (χ0) is 18.5. The highest BCUT2D eigenvalue weighted by Gasteiger charge is 2.18. The fourth-order valence-electron chi connectivity index (χ4n) is 2.49. The normalized spacial score (nSPS) is 9.93. The van der Waals surface area contributed by atoms with Crippen LogP contribution in [0.5, 0.6) is 11.6 Å². The van der Waals surface area contributed by atoms with Crippen molar-refractivity contribution in [1.82, 2.24) is 9.97 Å². The second-order valence-corrected chi connectivity index (χ2v) is 5.52. The van der Waals surface area contributed by atoms with Gasteiger partial charge in [-0.3, -0.25) is 0 Å². The molecule has 0 fully saturated rings. The fraction of sp³-hybridized carbons (Fsp3) is 0.211. The van der Waals surface area contributed by atoms with E-state index in [4.69, 9.17) is 15.2 Å². The molecule has 3 N–H and O–H groups in total. The van der Waals surface area contributed by atoms with Gasteiger partial charge in [-0.2, -0.15) is 4.98 Å². The topological polar surface area (TPSA) is 108 Å². The molecule has 0 radical (unpaired) electrons. The van der Waals surface area contributed by atoms with E-state index >= 15 is 0 Å². The van der Waals surface area contributed by atoms with Crippen molar-refractivity contribution in [3.05, 3.63) is 48.2 Å². The van der Waals surface area contributed by atoms with Gasteiger partial charge in [-0.15, -0.1) is 24.8 Å². The number of aromatic hydroxyl groups is 1. The Morgan fingerprint density at radius 2 is 1.86 bits per heavy atom. The summed E-state index contributed by atoms with van der Waals surface area (Å²) in [5, 5.41) is 11.4. The van der Waals surface area contributed by atoms with Crippen molar-refractivity contribution in [2.45, 2.75) is 6.92 Å². The summed E-state index contributed by atoms with van der Waals surface area (Å²) < 4.78 is 10.5. The first-order chi connectivity index (χ1) is 12.6. The van der Waals surface area contributed by atoms with Crippen molar-refractivity contribution in [2.75, 3.05) is 19.8 Å². The third-order valence-corrected chi connectivity index (χ3v) is 3.69. The predicted octanol–water partition coefficient (Wildman–Crippen LogP) is 3.36. The summed E-state index contributed by atoms with van der Waals surface area (Å²) in [6.07, 6.45) is 1.40. The van der Waals surface area contributed by atoms with Crippen LogP contribution in [-0.4, -0.2) is 40.8 Å². The summed E-state index contributed by atoms with van der Waals surface area (Å²) in [5.41, 5.74) is 6.40.